The summed E-state index contributed by atoms with van der Waals surface area (Å²) in [5.41, 5.74) is 5.15. The van der Waals surface area contributed by atoms with Crippen molar-refractivity contribution < 1.29 is 9.90 Å². The Kier molecular flexibility index (Phi) is 3.93. The fraction of sp³-hybridized carbons (Fsp3) is 0.450. The van der Waals surface area contributed by atoms with Gasteiger partial charge in [0.1, 0.15) is 0 Å². The van der Waals surface area contributed by atoms with Crippen LogP contribution < -0.4 is 5.32 Å². The second-order valence-corrected chi connectivity index (χ2v) is 7.45. The minimum Gasteiger partial charge on any atom is -0.394 e. The highest BCUT2D eigenvalue weighted by Gasteiger charge is 2.36. The Morgan fingerprint density at radius 2 is 2.20 bits per heavy atom. The van der Waals surface area contributed by atoms with Gasteiger partial charge in [-0.1, -0.05) is 18.2 Å². The third-order valence-corrected chi connectivity index (χ3v) is 5.57. The highest BCUT2D eigenvalue weighted by molar-refractivity contribution is 5.99. The zero-order valence-corrected chi connectivity index (χ0v) is 15.0. The smallest absolute Gasteiger partial charge is 0.228 e. The number of hydrogen-bond acceptors (Lipinski definition) is 3. The van der Waals surface area contributed by atoms with Crippen molar-refractivity contribution >= 4 is 22.4 Å². The number of benzene rings is 1. The van der Waals surface area contributed by atoms with Gasteiger partial charge in [0.15, 0.2) is 0 Å². The van der Waals surface area contributed by atoms with Gasteiger partial charge in [-0.15, -0.1) is 0 Å². The number of aliphatic hydroxyl groups is 1. The third-order valence-electron chi connectivity index (χ3n) is 5.57. The van der Waals surface area contributed by atoms with E-state index in [1.807, 2.05) is 6.92 Å². The lowest BCUT2D eigenvalue weighted by Gasteiger charge is -2.39. The van der Waals surface area contributed by atoms with Gasteiger partial charge in [-0.2, -0.15) is 0 Å². The van der Waals surface area contributed by atoms with Crippen LogP contribution in [0.5, 0.6) is 0 Å². The van der Waals surface area contributed by atoms with Gasteiger partial charge < -0.3 is 15.0 Å². The molecule has 2 N–H and O–H groups in total. The number of nitrogens with one attached hydrogen (secondary N) is 1. The molecule has 4 rings (SSSR count). The zero-order valence-electron chi connectivity index (χ0n) is 15.0. The third kappa shape index (κ3) is 2.58. The Morgan fingerprint density at radius 1 is 1.40 bits per heavy atom. The van der Waals surface area contributed by atoms with Crippen molar-refractivity contribution in [2.75, 3.05) is 20.2 Å². The van der Waals surface area contributed by atoms with Crippen molar-refractivity contribution in [1.82, 2.24) is 14.8 Å². The number of aryl methyl sites for hydroxylation is 1. The average molecular weight is 339 g/mol. The Labute approximate surface area is 147 Å². The fourth-order valence-corrected chi connectivity index (χ4v) is 4.29. The summed E-state index contributed by atoms with van der Waals surface area (Å²) in [4.78, 5) is 14.9. The maximum absolute atomic E-state index is 12.6. The van der Waals surface area contributed by atoms with Gasteiger partial charge in [-0.05, 0) is 43.2 Å². The molecule has 132 valence electrons. The molecule has 0 fully saturated rings. The highest BCUT2D eigenvalue weighted by atomic mass is 16.3. The molecule has 0 bridgehead atoms. The van der Waals surface area contributed by atoms with E-state index >= 15 is 0 Å². The van der Waals surface area contributed by atoms with E-state index in [9.17, 15) is 9.90 Å². The van der Waals surface area contributed by atoms with Crippen LogP contribution in [0, 0.1) is 5.92 Å². The predicted octanol–water partition coefficient (Wildman–Crippen LogP) is 1.55. The molecule has 0 saturated carbocycles. The summed E-state index contributed by atoms with van der Waals surface area (Å²) in [6.07, 6.45) is 5.37. The highest BCUT2D eigenvalue weighted by Crippen LogP contribution is 2.41. The van der Waals surface area contributed by atoms with Crippen molar-refractivity contribution in [3.05, 3.63) is 41.6 Å². The fourth-order valence-electron chi connectivity index (χ4n) is 4.29. The maximum atomic E-state index is 12.6. The molecule has 2 heterocycles. The van der Waals surface area contributed by atoms with Gasteiger partial charge in [-0.25, -0.2) is 0 Å². The molecular formula is C20H25N3O2. The Bertz CT molecular complexity index is 867. The molecule has 1 aliphatic carbocycles. The molecule has 2 aromatic rings. The van der Waals surface area contributed by atoms with Crippen molar-refractivity contribution in [2.24, 2.45) is 13.0 Å². The Balaban J connectivity index is 1.77. The molecule has 0 saturated heterocycles. The minimum absolute atomic E-state index is 0.00890. The first-order valence-corrected chi connectivity index (χ1v) is 8.90. The summed E-state index contributed by atoms with van der Waals surface area (Å²) in [5, 5.41) is 13.4. The molecular weight excluding hydrogens is 314 g/mol. The molecule has 0 unspecified atom stereocenters. The van der Waals surface area contributed by atoms with Crippen LogP contribution in [-0.4, -0.2) is 52.8 Å². The predicted molar refractivity (Wildman–Crippen MR) is 99.2 cm³/mol. The Morgan fingerprint density at radius 3 is 2.96 bits per heavy atom. The monoisotopic (exact) mass is 339 g/mol. The van der Waals surface area contributed by atoms with Gasteiger partial charge >= 0.3 is 0 Å². The molecule has 0 spiro atoms. The molecule has 3 atom stereocenters. The quantitative estimate of drug-likeness (QED) is 0.892. The van der Waals surface area contributed by atoms with Crippen molar-refractivity contribution in [3.63, 3.8) is 0 Å². The van der Waals surface area contributed by atoms with Gasteiger partial charge in [0.2, 0.25) is 5.91 Å². The lowest BCUT2D eigenvalue weighted by atomic mass is 9.80. The van der Waals surface area contributed by atoms with Crippen LogP contribution in [0.2, 0.25) is 0 Å². The topological polar surface area (TPSA) is 57.5 Å². The van der Waals surface area contributed by atoms with Crippen LogP contribution in [0.4, 0.5) is 0 Å². The summed E-state index contributed by atoms with van der Waals surface area (Å²) >= 11 is 0. The number of aromatic nitrogens is 1. The lowest BCUT2D eigenvalue weighted by molar-refractivity contribution is -0.125. The van der Waals surface area contributed by atoms with E-state index in [2.05, 4.69) is 59.4 Å². The number of rotatable bonds is 3. The SMILES string of the molecule is C[C@H](CO)NC(=O)[C@@H]1C=C2c3cccc4c3c(cn4C)C[C@H]2N(C)C1. The van der Waals surface area contributed by atoms with E-state index in [0.717, 1.165) is 6.42 Å². The molecule has 1 aromatic carbocycles. The van der Waals surface area contributed by atoms with Crippen LogP contribution in [0.15, 0.2) is 30.5 Å². The van der Waals surface area contributed by atoms with Crippen molar-refractivity contribution in [1.29, 1.82) is 0 Å². The summed E-state index contributed by atoms with van der Waals surface area (Å²) in [6.45, 7) is 2.48. The van der Waals surface area contributed by atoms with Gasteiger partial charge in [0.05, 0.1) is 12.5 Å². The summed E-state index contributed by atoms with van der Waals surface area (Å²) in [5.74, 6) is -0.198. The van der Waals surface area contributed by atoms with E-state index in [1.165, 1.54) is 27.6 Å². The first-order chi connectivity index (χ1) is 12.0. The van der Waals surface area contributed by atoms with E-state index in [-0.39, 0.29) is 24.5 Å². The molecule has 1 aliphatic heterocycles. The average Bonchev–Trinajstić information content (AvgIpc) is 2.93. The summed E-state index contributed by atoms with van der Waals surface area (Å²) in [6, 6.07) is 6.53. The van der Waals surface area contributed by atoms with E-state index in [4.69, 9.17) is 0 Å². The molecule has 1 aromatic heterocycles. The second kappa shape index (κ2) is 6.00. The maximum Gasteiger partial charge on any atom is 0.228 e. The molecule has 0 radical (unpaired) electrons. The van der Waals surface area contributed by atoms with Gasteiger partial charge in [-0.3, -0.25) is 9.69 Å². The number of carbonyl (C=O) groups excluding carboxylic acids is 1. The van der Waals surface area contributed by atoms with Crippen LogP contribution >= 0.6 is 0 Å². The number of hydrogen-bond donors (Lipinski definition) is 2. The van der Waals surface area contributed by atoms with Gasteiger partial charge in [0.25, 0.3) is 0 Å². The minimum atomic E-state index is -0.218. The van der Waals surface area contributed by atoms with Gasteiger partial charge in [0, 0.05) is 42.8 Å². The normalized spacial score (nSPS) is 23.9. The first kappa shape index (κ1) is 16.4. The van der Waals surface area contributed by atoms with E-state index < -0.39 is 0 Å². The molecule has 5 heteroatoms. The van der Waals surface area contributed by atoms with Crippen LogP contribution in [-0.2, 0) is 18.3 Å². The summed E-state index contributed by atoms with van der Waals surface area (Å²) in [7, 11) is 4.19. The van der Waals surface area contributed by atoms with Crippen LogP contribution in [0.1, 0.15) is 18.1 Å². The zero-order chi connectivity index (χ0) is 17.7. The number of carbonyl (C=O) groups is 1. The first-order valence-electron chi connectivity index (χ1n) is 8.90. The van der Waals surface area contributed by atoms with E-state index in [0.29, 0.717) is 12.6 Å². The Hall–Kier alpha value is -2.11. The number of nitrogens with zero attached hydrogens (tertiary/aromatic N) is 2. The number of aliphatic hydroxyl groups excluding tert-OH is 1. The number of amides is 1. The molecule has 1 amide bonds. The molecule has 2 aliphatic rings. The van der Waals surface area contributed by atoms with E-state index in [1.54, 1.807) is 0 Å². The van der Waals surface area contributed by atoms with Crippen LogP contribution in [0.25, 0.3) is 16.5 Å². The number of fused-ring (bicyclic) bond motifs is 2. The van der Waals surface area contributed by atoms with Crippen LogP contribution in [0.3, 0.4) is 0 Å². The largest absolute Gasteiger partial charge is 0.394 e. The lowest BCUT2D eigenvalue weighted by Crippen LogP contribution is -2.48. The number of likely N-dealkylation sites (N-methyl/N-ethyl adjacent to an activating group) is 1. The van der Waals surface area contributed by atoms with Crippen molar-refractivity contribution in [3.8, 4) is 0 Å². The molecule has 25 heavy (non-hydrogen) atoms. The summed E-state index contributed by atoms with van der Waals surface area (Å²) < 4.78 is 2.19. The standard InChI is InChI=1S/C20H25N3O2/c1-12(11-24)21-20(25)14-7-16-15-5-4-6-17-19(15)13(9-22(17)2)8-18(16)23(3)10-14/h4-7,9,12,14,18,24H,8,10-11H2,1-3H3,(H,21,25)/t12-,14-,18-/m1/s1. The second-order valence-electron chi connectivity index (χ2n) is 7.45. The van der Waals surface area contributed by atoms with Crippen molar-refractivity contribution in [2.45, 2.75) is 25.4 Å². The molecule has 5 nitrogen and oxygen atoms in total.